The highest BCUT2D eigenvalue weighted by molar-refractivity contribution is 9.10. The molecule has 0 unspecified atom stereocenters. The number of rotatable bonds is 3. The van der Waals surface area contributed by atoms with Gasteiger partial charge in [0.25, 0.3) is 0 Å². The second-order valence-electron chi connectivity index (χ2n) is 3.89. The van der Waals surface area contributed by atoms with E-state index in [9.17, 15) is 5.11 Å². The van der Waals surface area contributed by atoms with Crippen molar-refractivity contribution in [2.24, 2.45) is 5.73 Å². The first-order valence-corrected chi connectivity index (χ1v) is 5.60. The van der Waals surface area contributed by atoms with Crippen LogP contribution < -0.4 is 5.73 Å². The van der Waals surface area contributed by atoms with Gasteiger partial charge in [-0.25, -0.2) is 0 Å². The monoisotopic (exact) mass is 269 g/mol. The molecule has 0 bridgehead atoms. The molecule has 15 heavy (non-hydrogen) atoms. The van der Waals surface area contributed by atoms with Gasteiger partial charge in [-0.1, -0.05) is 27.6 Å². The van der Waals surface area contributed by atoms with Crippen molar-refractivity contribution >= 4 is 15.9 Å². The fourth-order valence-electron chi connectivity index (χ4n) is 1.52. The molecule has 0 aliphatic rings. The number of phenolic OH excluding ortho intramolecular Hbond substituents is 1. The highest BCUT2D eigenvalue weighted by Crippen LogP contribution is 2.35. The molecular formula is C12H16BrNO. The van der Waals surface area contributed by atoms with E-state index in [-0.39, 0.29) is 11.8 Å². The smallest absolute Gasteiger partial charge is 0.124 e. The zero-order chi connectivity index (χ0) is 11.6. The molecule has 0 saturated carbocycles. The average Bonchev–Trinajstić information content (AvgIpc) is 2.11. The molecule has 0 saturated heterocycles. The molecule has 0 heterocycles. The molecule has 0 spiro atoms. The van der Waals surface area contributed by atoms with E-state index in [0.29, 0.717) is 6.42 Å². The summed E-state index contributed by atoms with van der Waals surface area (Å²) >= 11 is 3.40. The Morgan fingerprint density at radius 1 is 1.60 bits per heavy atom. The lowest BCUT2D eigenvalue weighted by molar-refractivity contribution is 0.456. The molecule has 82 valence electrons. The van der Waals surface area contributed by atoms with Gasteiger partial charge in [-0.05, 0) is 31.9 Å². The van der Waals surface area contributed by atoms with Crippen LogP contribution in [-0.4, -0.2) is 5.11 Å². The minimum atomic E-state index is -0.211. The van der Waals surface area contributed by atoms with Crippen molar-refractivity contribution in [1.82, 2.24) is 0 Å². The highest BCUT2D eigenvalue weighted by Gasteiger charge is 2.16. The zero-order valence-electron chi connectivity index (χ0n) is 9.05. The first-order valence-electron chi connectivity index (χ1n) is 4.81. The van der Waals surface area contributed by atoms with Gasteiger partial charge in [0.1, 0.15) is 5.75 Å². The number of aromatic hydroxyl groups is 1. The predicted molar refractivity (Wildman–Crippen MR) is 66.9 cm³/mol. The standard InChI is InChI=1S/C12H16BrNO/c1-7(2)6-10(14)11-9(13)5-4-8(3)12(11)15/h4-5,10,15H,1,6,14H2,2-3H3/t10-/m0/s1. The van der Waals surface area contributed by atoms with Crippen LogP contribution in [0.3, 0.4) is 0 Å². The highest BCUT2D eigenvalue weighted by atomic mass is 79.9. The summed E-state index contributed by atoms with van der Waals surface area (Å²) in [7, 11) is 0. The second kappa shape index (κ2) is 4.81. The largest absolute Gasteiger partial charge is 0.507 e. The van der Waals surface area contributed by atoms with Gasteiger partial charge >= 0.3 is 0 Å². The fraction of sp³-hybridized carbons (Fsp3) is 0.333. The molecule has 0 aromatic heterocycles. The van der Waals surface area contributed by atoms with Gasteiger partial charge < -0.3 is 10.8 Å². The third-order valence-corrected chi connectivity index (χ3v) is 3.00. The first kappa shape index (κ1) is 12.3. The minimum absolute atomic E-state index is 0.211. The molecule has 3 N–H and O–H groups in total. The Bertz CT molecular complexity index is 387. The molecular weight excluding hydrogens is 254 g/mol. The Hall–Kier alpha value is -0.800. The lowest BCUT2D eigenvalue weighted by Crippen LogP contribution is -2.11. The van der Waals surface area contributed by atoms with Gasteiger partial charge in [0, 0.05) is 16.1 Å². The van der Waals surface area contributed by atoms with Gasteiger partial charge in [0.15, 0.2) is 0 Å². The van der Waals surface area contributed by atoms with Crippen LogP contribution in [0.1, 0.15) is 30.5 Å². The predicted octanol–water partition coefficient (Wildman–Crippen LogP) is 3.43. The summed E-state index contributed by atoms with van der Waals surface area (Å²) in [5.41, 5.74) is 8.63. The topological polar surface area (TPSA) is 46.2 Å². The van der Waals surface area contributed by atoms with Crippen LogP contribution in [0.4, 0.5) is 0 Å². The van der Waals surface area contributed by atoms with Crippen molar-refractivity contribution in [2.45, 2.75) is 26.3 Å². The van der Waals surface area contributed by atoms with Gasteiger partial charge in [-0.3, -0.25) is 0 Å². The maximum absolute atomic E-state index is 9.92. The molecule has 0 fully saturated rings. The van der Waals surface area contributed by atoms with E-state index in [0.717, 1.165) is 21.2 Å². The SMILES string of the molecule is C=C(C)C[C@H](N)c1c(Br)ccc(C)c1O. The van der Waals surface area contributed by atoms with Crippen LogP contribution in [0.15, 0.2) is 28.8 Å². The second-order valence-corrected chi connectivity index (χ2v) is 4.75. The number of hydrogen-bond acceptors (Lipinski definition) is 2. The molecule has 1 atom stereocenters. The van der Waals surface area contributed by atoms with Gasteiger partial charge in [0.05, 0.1) is 0 Å². The van der Waals surface area contributed by atoms with Crippen molar-refractivity contribution in [3.05, 3.63) is 39.9 Å². The number of phenols is 1. The Balaban J connectivity index is 3.12. The summed E-state index contributed by atoms with van der Waals surface area (Å²) in [5.74, 6) is 0.276. The number of aryl methyl sites for hydroxylation is 1. The van der Waals surface area contributed by atoms with Gasteiger partial charge in [0.2, 0.25) is 0 Å². The molecule has 0 aliphatic heterocycles. The van der Waals surface area contributed by atoms with Crippen LogP contribution in [0.25, 0.3) is 0 Å². The third kappa shape index (κ3) is 2.83. The summed E-state index contributed by atoms with van der Waals surface area (Å²) in [6, 6.07) is 3.55. The molecule has 1 rings (SSSR count). The molecule has 1 aromatic carbocycles. The van der Waals surface area contributed by atoms with E-state index in [1.54, 1.807) is 0 Å². The summed E-state index contributed by atoms with van der Waals surface area (Å²) in [5, 5.41) is 9.92. The van der Waals surface area contributed by atoms with Crippen LogP contribution in [0.2, 0.25) is 0 Å². The van der Waals surface area contributed by atoms with E-state index in [4.69, 9.17) is 5.73 Å². The molecule has 2 nitrogen and oxygen atoms in total. The van der Waals surface area contributed by atoms with Crippen LogP contribution in [0, 0.1) is 6.92 Å². The maximum Gasteiger partial charge on any atom is 0.124 e. The number of nitrogens with two attached hydrogens (primary N) is 1. The van der Waals surface area contributed by atoms with E-state index in [2.05, 4.69) is 22.5 Å². The van der Waals surface area contributed by atoms with Crippen molar-refractivity contribution in [3.8, 4) is 5.75 Å². The normalized spacial score (nSPS) is 12.5. The Morgan fingerprint density at radius 3 is 2.73 bits per heavy atom. The average molecular weight is 270 g/mol. The summed E-state index contributed by atoms with van der Waals surface area (Å²) < 4.78 is 0.847. The number of halogens is 1. The Labute approximate surface area is 98.9 Å². The summed E-state index contributed by atoms with van der Waals surface area (Å²) in [4.78, 5) is 0. The van der Waals surface area contributed by atoms with Gasteiger partial charge in [-0.15, -0.1) is 6.58 Å². The zero-order valence-corrected chi connectivity index (χ0v) is 10.6. The van der Waals surface area contributed by atoms with Crippen LogP contribution in [0.5, 0.6) is 5.75 Å². The maximum atomic E-state index is 9.92. The van der Waals surface area contributed by atoms with Crippen molar-refractivity contribution in [1.29, 1.82) is 0 Å². The van der Waals surface area contributed by atoms with E-state index in [1.807, 2.05) is 26.0 Å². The molecule has 1 aromatic rings. The van der Waals surface area contributed by atoms with Crippen LogP contribution in [-0.2, 0) is 0 Å². The number of benzene rings is 1. The number of hydrogen-bond donors (Lipinski definition) is 2. The minimum Gasteiger partial charge on any atom is -0.507 e. The van der Waals surface area contributed by atoms with E-state index >= 15 is 0 Å². The molecule has 0 aliphatic carbocycles. The van der Waals surface area contributed by atoms with Crippen molar-refractivity contribution in [3.63, 3.8) is 0 Å². The molecule has 0 amide bonds. The Morgan fingerprint density at radius 2 is 2.20 bits per heavy atom. The first-order chi connectivity index (χ1) is 6.93. The quantitative estimate of drug-likeness (QED) is 0.826. The van der Waals surface area contributed by atoms with Crippen molar-refractivity contribution < 1.29 is 5.11 Å². The van der Waals surface area contributed by atoms with Gasteiger partial charge in [-0.2, -0.15) is 0 Å². The summed E-state index contributed by atoms with van der Waals surface area (Å²) in [6.07, 6.45) is 0.676. The van der Waals surface area contributed by atoms with Crippen molar-refractivity contribution in [2.75, 3.05) is 0 Å². The fourth-order valence-corrected chi connectivity index (χ4v) is 2.14. The summed E-state index contributed by atoms with van der Waals surface area (Å²) in [6.45, 7) is 7.62. The Kier molecular flexibility index (Phi) is 3.94. The lowest BCUT2D eigenvalue weighted by atomic mass is 9.98. The van der Waals surface area contributed by atoms with Crippen LogP contribution >= 0.6 is 15.9 Å². The third-order valence-electron chi connectivity index (χ3n) is 2.30. The molecule has 3 heteroatoms. The van der Waals surface area contributed by atoms with E-state index < -0.39 is 0 Å². The lowest BCUT2D eigenvalue weighted by Gasteiger charge is -2.16. The molecule has 0 radical (unpaired) electrons. The van der Waals surface area contributed by atoms with E-state index in [1.165, 1.54) is 0 Å².